The minimum Gasteiger partial charge on any atom is -0.507 e. The van der Waals surface area contributed by atoms with Crippen LogP contribution in [0.2, 0.25) is 0 Å². The second kappa shape index (κ2) is 12.5. The monoisotopic (exact) mass is 681 g/mol. The molecule has 7 atom stereocenters. The van der Waals surface area contributed by atoms with E-state index in [2.05, 4.69) is 5.09 Å². The number of benzene rings is 3. The Bertz CT molecular complexity index is 1860. The number of ether oxygens (including phenoxy) is 3. The van der Waals surface area contributed by atoms with Gasteiger partial charge in [-0.1, -0.05) is 37.3 Å². The van der Waals surface area contributed by atoms with E-state index < -0.39 is 96.6 Å². The van der Waals surface area contributed by atoms with Gasteiger partial charge in [-0.2, -0.15) is 0 Å². The Morgan fingerprint density at radius 3 is 2.40 bits per heavy atom. The van der Waals surface area contributed by atoms with Gasteiger partial charge in [0.2, 0.25) is 5.78 Å². The molecule has 6 rings (SSSR count). The topological polar surface area (TPSA) is 209 Å². The summed E-state index contributed by atoms with van der Waals surface area (Å²) >= 11 is 0. The first-order valence-corrected chi connectivity index (χ1v) is 17.2. The minimum atomic E-state index is -4.17. The van der Waals surface area contributed by atoms with Crippen molar-refractivity contribution in [3.05, 3.63) is 81.9 Å². The number of nitrogens with one attached hydrogen (secondary N) is 1. The van der Waals surface area contributed by atoms with Gasteiger partial charge in [-0.25, -0.2) is 5.09 Å². The van der Waals surface area contributed by atoms with Crippen LogP contribution >= 0.6 is 7.52 Å². The Hall–Kier alpha value is -3.94. The van der Waals surface area contributed by atoms with Crippen LogP contribution in [0.1, 0.15) is 82.2 Å². The van der Waals surface area contributed by atoms with E-state index in [4.69, 9.17) is 14.2 Å². The number of carbonyl (C=O) groups excluding carboxylic acids is 3. The van der Waals surface area contributed by atoms with E-state index in [-0.39, 0.29) is 46.1 Å². The fourth-order valence-corrected chi connectivity index (χ4v) is 8.39. The van der Waals surface area contributed by atoms with Crippen molar-refractivity contribution in [3.63, 3.8) is 0 Å². The zero-order valence-corrected chi connectivity index (χ0v) is 27.3. The quantitative estimate of drug-likeness (QED) is 0.117. The normalized spacial score (nSPS) is 27.8. The molecule has 0 bridgehead atoms. The molecular formula is C34H36NO12P. The summed E-state index contributed by atoms with van der Waals surface area (Å²) in [7, 11) is -2.85. The van der Waals surface area contributed by atoms with Gasteiger partial charge in [0.15, 0.2) is 17.9 Å². The van der Waals surface area contributed by atoms with Crippen molar-refractivity contribution in [1.82, 2.24) is 5.09 Å². The Balaban J connectivity index is 1.42. The van der Waals surface area contributed by atoms with E-state index in [1.54, 1.807) is 25.1 Å². The Morgan fingerprint density at radius 1 is 1.04 bits per heavy atom. The molecule has 3 aromatic carbocycles. The van der Waals surface area contributed by atoms with Crippen LogP contribution in [0.4, 0.5) is 0 Å². The Labute approximate surface area is 275 Å². The predicted molar refractivity (Wildman–Crippen MR) is 170 cm³/mol. The first-order chi connectivity index (χ1) is 22.7. The van der Waals surface area contributed by atoms with E-state index in [0.717, 1.165) is 0 Å². The van der Waals surface area contributed by atoms with E-state index >= 15 is 0 Å². The number of aliphatic hydroxyl groups is 2. The number of hydrogen-bond acceptors (Lipinski definition) is 11. The average Bonchev–Trinajstić information content (AvgIpc) is 3.06. The molecule has 1 heterocycles. The molecule has 48 heavy (non-hydrogen) atoms. The van der Waals surface area contributed by atoms with Crippen LogP contribution < -0.4 is 15.1 Å². The van der Waals surface area contributed by atoms with Crippen molar-refractivity contribution < 1.29 is 58.5 Å². The summed E-state index contributed by atoms with van der Waals surface area (Å²) in [5, 5.41) is 48.6. The number of phenolic OH excluding ortho intramolecular Hbond substituents is 2. The van der Waals surface area contributed by atoms with Gasteiger partial charge in [-0.3, -0.25) is 18.9 Å². The van der Waals surface area contributed by atoms with Gasteiger partial charge in [-0.05, 0) is 25.1 Å². The summed E-state index contributed by atoms with van der Waals surface area (Å²) < 4.78 is 30.7. The van der Waals surface area contributed by atoms with Crippen LogP contribution in [-0.4, -0.2) is 79.9 Å². The molecule has 254 valence electrons. The zero-order chi connectivity index (χ0) is 34.7. The van der Waals surface area contributed by atoms with E-state index in [1.165, 1.54) is 44.4 Å². The molecule has 1 aliphatic heterocycles. The number of methoxy groups -OCH3 is 1. The molecule has 5 unspecified atom stereocenters. The third-order valence-electron chi connectivity index (χ3n) is 9.39. The first kappa shape index (κ1) is 33.9. The van der Waals surface area contributed by atoms with Crippen LogP contribution in [0.15, 0.2) is 48.5 Å². The van der Waals surface area contributed by atoms with Crippen molar-refractivity contribution in [2.45, 2.75) is 75.8 Å². The molecule has 0 spiro atoms. The molecule has 3 aliphatic rings. The molecule has 14 heteroatoms. The minimum absolute atomic E-state index is 0.0524. The van der Waals surface area contributed by atoms with Crippen molar-refractivity contribution in [1.29, 1.82) is 0 Å². The zero-order valence-electron chi connectivity index (χ0n) is 26.4. The smallest absolute Gasteiger partial charge is 0.297 e. The van der Waals surface area contributed by atoms with Crippen LogP contribution in [-0.2, 0) is 25.3 Å². The lowest BCUT2D eigenvalue weighted by Crippen LogP contribution is -2.54. The van der Waals surface area contributed by atoms with Crippen LogP contribution in [0, 0.1) is 0 Å². The molecule has 1 fully saturated rings. The average molecular weight is 682 g/mol. The number of phenols is 2. The number of ketones is 3. The highest BCUT2D eigenvalue weighted by Gasteiger charge is 2.50. The maximum absolute atomic E-state index is 13.9. The van der Waals surface area contributed by atoms with Gasteiger partial charge < -0.3 is 39.5 Å². The number of Topliss-reactive ketones (excluding diaryl/α,β-unsaturated/α-hetero) is 1. The maximum atomic E-state index is 13.9. The lowest BCUT2D eigenvalue weighted by Gasteiger charge is -2.43. The van der Waals surface area contributed by atoms with Crippen molar-refractivity contribution in [2.75, 3.05) is 7.11 Å². The first-order valence-electron chi connectivity index (χ1n) is 15.5. The summed E-state index contributed by atoms with van der Waals surface area (Å²) in [6.07, 6.45) is -5.95. The largest absolute Gasteiger partial charge is 0.507 e. The van der Waals surface area contributed by atoms with E-state index in [0.29, 0.717) is 0 Å². The van der Waals surface area contributed by atoms with Gasteiger partial charge in [0.1, 0.15) is 22.8 Å². The highest BCUT2D eigenvalue weighted by atomic mass is 31.2. The molecule has 3 aromatic rings. The number of rotatable bonds is 8. The summed E-state index contributed by atoms with van der Waals surface area (Å²) in [4.78, 5) is 51.5. The van der Waals surface area contributed by atoms with Gasteiger partial charge in [0, 0.05) is 48.4 Å². The number of hydrogen-bond donors (Lipinski definition) is 6. The lowest BCUT2D eigenvalue weighted by atomic mass is 9.71. The van der Waals surface area contributed by atoms with Gasteiger partial charge in [0.25, 0.3) is 7.52 Å². The highest BCUT2D eigenvalue weighted by Crippen LogP contribution is 2.53. The van der Waals surface area contributed by atoms with Crippen LogP contribution in [0.25, 0.3) is 0 Å². The molecule has 6 N–H and O–H groups in total. The van der Waals surface area contributed by atoms with E-state index in [9.17, 15) is 44.3 Å². The molecular weight excluding hydrogens is 645 g/mol. The molecule has 0 saturated carbocycles. The van der Waals surface area contributed by atoms with Crippen LogP contribution in [0.5, 0.6) is 17.2 Å². The van der Waals surface area contributed by atoms with Gasteiger partial charge in [-0.15, -0.1) is 0 Å². The molecule has 0 radical (unpaired) electrons. The third-order valence-corrected chi connectivity index (χ3v) is 11.1. The predicted octanol–water partition coefficient (Wildman–Crippen LogP) is 2.56. The van der Waals surface area contributed by atoms with Gasteiger partial charge >= 0.3 is 0 Å². The summed E-state index contributed by atoms with van der Waals surface area (Å²) in [5.41, 5.74) is -3.48. The summed E-state index contributed by atoms with van der Waals surface area (Å²) in [6.45, 7) is 3.08. The van der Waals surface area contributed by atoms with Crippen molar-refractivity contribution in [2.24, 2.45) is 0 Å². The molecule has 0 aromatic heterocycles. The fraction of sp³-hybridized carbons (Fsp3) is 0.382. The number of carbonyl (C=O) groups is 3. The summed E-state index contributed by atoms with van der Waals surface area (Å²) in [5.74, 6) is -3.41. The van der Waals surface area contributed by atoms with Crippen molar-refractivity contribution >= 4 is 30.2 Å². The molecule has 13 nitrogen and oxygen atoms in total. The molecule has 2 aliphatic carbocycles. The number of fused-ring (bicyclic) bond motifs is 3. The molecule has 1 saturated heterocycles. The standard InChI is InChI=1S/C34H36NO12P/c1-4-23(36)34(42)14-19-26(33(41)28-27(31(19)39)30(38)18-11-8-12-21(45-3)25(18)32(28)40)22(15-34)47-24-13-20(29(37)16(2)46-24)35-48(43,44)17-9-6-5-7-10-17/h5-12,16,20,22,24,29,37,39,41-42H,4,13-15H2,1-3H3,(H2,35,43,44)/t16?,20?,22-,24?,29?,34-/m0/s1. The highest BCUT2D eigenvalue weighted by molar-refractivity contribution is 7.64. The fourth-order valence-electron chi connectivity index (χ4n) is 6.95. The Morgan fingerprint density at radius 2 is 1.73 bits per heavy atom. The number of aliphatic hydroxyl groups excluding tert-OH is 1. The van der Waals surface area contributed by atoms with E-state index in [1.807, 2.05) is 0 Å². The molecule has 0 amide bonds. The number of aromatic hydroxyl groups is 2. The Kier molecular flexibility index (Phi) is 8.84. The SMILES string of the molecule is CCC(=O)[C@]1(O)Cc2c(O)c3c(c(O)c2[C@@H](OC2CC(NP(=O)(O)c4ccccc4)C(O)C(C)O2)C1)C(=O)c1c(OC)cccc1C3=O. The lowest BCUT2D eigenvalue weighted by molar-refractivity contribution is -0.248. The van der Waals surface area contributed by atoms with Crippen LogP contribution in [0.3, 0.4) is 0 Å². The second-order valence-electron chi connectivity index (χ2n) is 12.3. The second-order valence-corrected chi connectivity index (χ2v) is 14.3. The maximum Gasteiger partial charge on any atom is 0.297 e. The van der Waals surface area contributed by atoms with Gasteiger partial charge in [0.05, 0.1) is 47.4 Å². The van der Waals surface area contributed by atoms with Crippen molar-refractivity contribution in [3.8, 4) is 17.2 Å². The third kappa shape index (κ3) is 5.55. The summed E-state index contributed by atoms with van der Waals surface area (Å²) in [6, 6.07) is 11.2.